The first-order chi connectivity index (χ1) is 23.3. The third-order valence-corrected chi connectivity index (χ3v) is 9.60. The summed E-state index contributed by atoms with van der Waals surface area (Å²) in [4.78, 5) is 43.9. The predicted molar refractivity (Wildman–Crippen MR) is 189 cm³/mol. The molecule has 3 heterocycles. The normalized spacial score (nSPS) is 19.3. The second kappa shape index (κ2) is 15.7. The topological polar surface area (TPSA) is 143 Å². The van der Waals surface area contributed by atoms with Gasteiger partial charge in [0.2, 0.25) is 0 Å². The molecule has 1 saturated heterocycles. The van der Waals surface area contributed by atoms with Crippen molar-refractivity contribution in [3.63, 3.8) is 0 Å². The number of nitrogens with zero attached hydrogens (tertiary/aromatic N) is 3. The van der Waals surface area contributed by atoms with Crippen LogP contribution in [0.4, 0.5) is 4.79 Å². The number of aromatic amines is 1. The van der Waals surface area contributed by atoms with Gasteiger partial charge in [0, 0.05) is 66.8 Å². The number of pyridine rings is 1. The number of amides is 2. The Hall–Kier alpha value is -4.00. The summed E-state index contributed by atoms with van der Waals surface area (Å²) in [6.45, 7) is 17.3. The third-order valence-electron chi connectivity index (χ3n) is 9.60. The number of nitrogens with one attached hydrogen (secondary N) is 4. The molecule has 49 heavy (non-hydrogen) atoms. The molecule has 3 aromatic rings. The molecule has 0 bridgehead atoms. The Balaban J connectivity index is 1.32. The molecule has 266 valence electrons. The summed E-state index contributed by atoms with van der Waals surface area (Å²) in [5, 5.41) is 14.4. The number of benzene rings is 1. The lowest BCUT2D eigenvalue weighted by atomic mass is 9.90. The maximum Gasteiger partial charge on any atom is 0.407 e. The predicted octanol–water partition coefficient (Wildman–Crippen LogP) is 4.87. The van der Waals surface area contributed by atoms with Gasteiger partial charge in [-0.2, -0.15) is 5.10 Å². The Morgan fingerprint density at radius 1 is 1.02 bits per heavy atom. The fourth-order valence-electron chi connectivity index (χ4n) is 6.71. The first-order valence-corrected chi connectivity index (χ1v) is 17.5. The average molecular weight is 676 g/mol. The van der Waals surface area contributed by atoms with E-state index in [2.05, 4.69) is 38.8 Å². The maximum absolute atomic E-state index is 13.8. The second-order valence-corrected chi connectivity index (χ2v) is 14.5. The van der Waals surface area contributed by atoms with Crippen LogP contribution in [0.3, 0.4) is 0 Å². The summed E-state index contributed by atoms with van der Waals surface area (Å²) in [5.74, 6) is -0.234. The minimum Gasteiger partial charge on any atom is -0.444 e. The highest BCUT2D eigenvalue weighted by Crippen LogP contribution is 2.28. The number of alkyl carbamates (subject to hydrolysis) is 1. The van der Waals surface area contributed by atoms with E-state index >= 15 is 0 Å². The van der Waals surface area contributed by atoms with Crippen molar-refractivity contribution in [2.24, 2.45) is 0 Å². The van der Waals surface area contributed by atoms with Crippen molar-refractivity contribution >= 4 is 12.0 Å². The van der Waals surface area contributed by atoms with Gasteiger partial charge in [0.15, 0.2) is 0 Å². The van der Waals surface area contributed by atoms with Gasteiger partial charge in [0.05, 0.1) is 19.4 Å². The zero-order chi connectivity index (χ0) is 35.3. The summed E-state index contributed by atoms with van der Waals surface area (Å²) in [5.41, 5.74) is 5.77. The first kappa shape index (κ1) is 36.3. The van der Waals surface area contributed by atoms with Crippen LogP contribution >= 0.6 is 0 Å². The van der Waals surface area contributed by atoms with Gasteiger partial charge in [-0.1, -0.05) is 0 Å². The van der Waals surface area contributed by atoms with E-state index in [4.69, 9.17) is 14.6 Å². The molecule has 12 nitrogen and oxygen atoms in total. The van der Waals surface area contributed by atoms with Crippen LogP contribution in [0.2, 0.25) is 0 Å². The minimum atomic E-state index is -0.526. The van der Waals surface area contributed by atoms with Crippen molar-refractivity contribution in [3.8, 4) is 11.1 Å². The number of hydrogen-bond acceptors (Lipinski definition) is 8. The van der Waals surface area contributed by atoms with E-state index in [0.29, 0.717) is 30.9 Å². The van der Waals surface area contributed by atoms with Gasteiger partial charge in [-0.3, -0.25) is 19.2 Å². The Morgan fingerprint density at radius 2 is 1.71 bits per heavy atom. The molecule has 0 radical (unpaired) electrons. The van der Waals surface area contributed by atoms with E-state index in [1.54, 1.807) is 0 Å². The molecule has 1 aromatic carbocycles. The van der Waals surface area contributed by atoms with Crippen molar-refractivity contribution in [1.82, 2.24) is 35.6 Å². The molecule has 4 N–H and O–H groups in total. The summed E-state index contributed by atoms with van der Waals surface area (Å²) >= 11 is 0. The van der Waals surface area contributed by atoms with Crippen LogP contribution in [0.25, 0.3) is 11.1 Å². The third kappa shape index (κ3) is 9.58. The van der Waals surface area contributed by atoms with Gasteiger partial charge in [-0.05, 0) is 115 Å². The summed E-state index contributed by atoms with van der Waals surface area (Å²) in [7, 11) is 0. The molecule has 1 unspecified atom stereocenters. The molecule has 2 aromatic heterocycles. The Bertz CT molecular complexity index is 1680. The van der Waals surface area contributed by atoms with Crippen LogP contribution in [0.15, 0.2) is 35.4 Å². The summed E-state index contributed by atoms with van der Waals surface area (Å²) < 4.78 is 12.9. The highest BCUT2D eigenvalue weighted by Gasteiger charge is 2.26. The first-order valence-electron chi connectivity index (χ1n) is 17.5. The number of hydrogen-bond donors (Lipinski definition) is 4. The molecule has 1 saturated carbocycles. The van der Waals surface area contributed by atoms with Crippen LogP contribution in [-0.4, -0.2) is 75.7 Å². The molecule has 0 spiro atoms. The standard InChI is InChI=1S/C37H53N7O5/c1-23-16-24(2)41-35(46)33(23)21-39-34(45)32-18-27(29-20-40-44(22-29)26(4)43-12-14-48-15-13-43)17-28(25(32)3)19-38-30-8-10-31(11-9-30)42-36(47)49-37(5,6)7/h16-18,20,22,26,30-31,38H,8-15,19,21H2,1-7H3,(H,39,45)(H,41,46)(H,42,47). The number of aromatic nitrogens is 3. The monoisotopic (exact) mass is 675 g/mol. The number of carbonyl (C=O) groups is 2. The number of H-pyrrole nitrogens is 1. The average Bonchev–Trinajstić information content (AvgIpc) is 3.54. The van der Waals surface area contributed by atoms with Crippen molar-refractivity contribution in [2.45, 2.75) is 111 Å². The lowest BCUT2D eigenvalue weighted by molar-refractivity contribution is 0.000513. The van der Waals surface area contributed by atoms with Gasteiger partial charge in [0.1, 0.15) is 11.8 Å². The van der Waals surface area contributed by atoms with Crippen molar-refractivity contribution in [1.29, 1.82) is 0 Å². The lowest BCUT2D eigenvalue weighted by Crippen LogP contribution is -2.43. The van der Waals surface area contributed by atoms with Crippen molar-refractivity contribution < 1.29 is 19.1 Å². The minimum absolute atomic E-state index is 0.0720. The van der Waals surface area contributed by atoms with Crippen molar-refractivity contribution in [3.05, 3.63) is 74.5 Å². The van der Waals surface area contributed by atoms with Gasteiger partial charge in [-0.25, -0.2) is 4.79 Å². The zero-order valence-electron chi connectivity index (χ0n) is 30.1. The number of ether oxygens (including phenoxy) is 2. The SMILES string of the molecule is Cc1cc(C)c(CNC(=O)c2cc(-c3cnn(C(C)N4CCOCC4)c3)cc(CNC3CCC(NC(=O)OC(C)(C)C)CC3)c2C)c(=O)[nH]1. The van der Waals surface area contributed by atoms with Crippen molar-refractivity contribution in [2.75, 3.05) is 26.3 Å². The fraction of sp³-hybridized carbons (Fsp3) is 0.568. The molecule has 2 amide bonds. The fourth-order valence-corrected chi connectivity index (χ4v) is 6.71. The van der Waals surface area contributed by atoms with E-state index in [-0.39, 0.29) is 42.4 Å². The van der Waals surface area contributed by atoms with Crippen LogP contribution in [0.1, 0.15) is 97.8 Å². The number of morpholine rings is 1. The van der Waals surface area contributed by atoms with E-state index in [0.717, 1.165) is 72.3 Å². The molecule has 2 fully saturated rings. The van der Waals surface area contributed by atoms with Crippen LogP contribution < -0.4 is 21.5 Å². The lowest BCUT2D eigenvalue weighted by Gasteiger charge is -2.32. The molecule has 5 rings (SSSR count). The van der Waals surface area contributed by atoms with Gasteiger partial charge < -0.3 is 30.4 Å². The Labute approximate surface area is 289 Å². The molecular weight excluding hydrogens is 622 g/mol. The largest absolute Gasteiger partial charge is 0.444 e. The number of rotatable bonds is 10. The molecule has 12 heteroatoms. The Morgan fingerprint density at radius 3 is 2.39 bits per heavy atom. The molecule has 1 atom stereocenters. The van der Waals surface area contributed by atoms with Crippen LogP contribution in [0.5, 0.6) is 0 Å². The van der Waals surface area contributed by atoms with E-state index in [9.17, 15) is 14.4 Å². The summed E-state index contributed by atoms with van der Waals surface area (Å²) in [6.07, 6.45) is 7.16. The maximum atomic E-state index is 13.8. The molecule has 2 aliphatic rings. The second-order valence-electron chi connectivity index (χ2n) is 14.5. The quantitative estimate of drug-likeness (QED) is 0.239. The molecule has 1 aliphatic carbocycles. The highest BCUT2D eigenvalue weighted by molar-refractivity contribution is 5.97. The van der Waals surface area contributed by atoms with Crippen LogP contribution in [-0.2, 0) is 22.6 Å². The van der Waals surface area contributed by atoms with Gasteiger partial charge in [0.25, 0.3) is 11.5 Å². The number of aryl methyl sites for hydroxylation is 2. The van der Waals surface area contributed by atoms with Gasteiger partial charge >= 0.3 is 6.09 Å². The van der Waals surface area contributed by atoms with E-state index in [1.165, 1.54) is 0 Å². The van der Waals surface area contributed by atoms with E-state index in [1.807, 2.05) is 70.8 Å². The van der Waals surface area contributed by atoms with Crippen LogP contribution in [0, 0.1) is 20.8 Å². The smallest absolute Gasteiger partial charge is 0.407 e. The Kier molecular flexibility index (Phi) is 11.6. The molecule has 1 aliphatic heterocycles. The number of carbonyl (C=O) groups excluding carboxylic acids is 2. The summed E-state index contributed by atoms with van der Waals surface area (Å²) in [6, 6.07) is 6.35. The zero-order valence-corrected chi connectivity index (χ0v) is 30.1. The molecular formula is C37H53N7O5. The highest BCUT2D eigenvalue weighted by atomic mass is 16.6. The van der Waals surface area contributed by atoms with Gasteiger partial charge in [-0.15, -0.1) is 0 Å². The van der Waals surface area contributed by atoms with E-state index < -0.39 is 5.60 Å².